The first-order chi connectivity index (χ1) is 10.4. The minimum absolute atomic E-state index is 0.142. The molecular formula is C14H23N3O5. The van der Waals surface area contributed by atoms with Crippen molar-refractivity contribution < 1.29 is 23.8 Å². The van der Waals surface area contributed by atoms with Gasteiger partial charge in [-0.2, -0.15) is 0 Å². The SMILES string of the molecule is CC[C@@]1(CCCN=[N+]=[N-])OC(OC(C)=O)[C@H](OC(C)=O)[C@@H]1C. The minimum atomic E-state index is -0.907. The van der Waals surface area contributed by atoms with Crippen LogP contribution in [0.2, 0.25) is 0 Å². The van der Waals surface area contributed by atoms with E-state index in [2.05, 4.69) is 10.0 Å². The molecule has 0 bridgehead atoms. The van der Waals surface area contributed by atoms with E-state index in [0.717, 1.165) is 0 Å². The highest BCUT2D eigenvalue weighted by molar-refractivity contribution is 5.67. The van der Waals surface area contributed by atoms with E-state index in [1.165, 1.54) is 13.8 Å². The third kappa shape index (κ3) is 4.35. The van der Waals surface area contributed by atoms with Crippen LogP contribution in [0, 0.1) is 5.92 Å². The molecule has 0 aromatic carbocycles. The molecule has 4 atom stereocenters. The van der Waals surface area contributed by atoms with Crippen LogP contribution < -0.4 is 0 Å². The highest BCUT2D eigenvalue weighted by Crippen LogP contribution is 2.43. The number of nitrogens with zero attached hydrogens (tertiary/aromatic N) is 3. The Labute approximate surface area is 129 Å². The third-order valence-electron chi connectivity index (χ3n) is 4.05. The Bertz CT molecular complexity index is 463. The van der Waals surface area contributed by atoms with Crippen LogP contribution in [-0.2, 0) is 23.8 Å². The van der Waals surface area contributed by atoms with Crippen molar-refractivity contribution in [2.45, 2.75) is 65.0 Å². The maximum absolute atomic E-state index is 11.3. The van der Waals surface area contributed by atoms with Crippen LogP contribution in [0.25, 0.3) is 10.4 Å². The second kappa shape index (κ2) is 8.00. The number of hydrogen-bond acceptors (Lipinski definition) is 6. The molecule has 1 unspecified atom stereocenters. The predicted octanol–water partition coefficient (Wildman–Crippen LogP) is 2.71. The van der Waals surface area contributed by atoms with Crippen LogP contribution >= 0.6 is 0 Å². The van der Waals surface area contributed by atoms with Crippen LogP contribution in [0.3, 0.4) is 0 Å². The first-order valence-corrected chi connectivity index (χ1v) is 7.39. The maximum Gasteiger partial charge on any atom is 0.305 e. The number of ether oxygens (including phenoxy) is 3. The van der Waals surface area contributed by atoms with Crippen LogP contribution in [0.5, 0.6) is 0 Å². The molecule has 8 heteroatoms. The summed E-state index contributed by atoms with van der Waals surface area (Å²) < 4.78 is 16.4. The van der Waals surface area contributed by atoms with E-state index in [1.54, 1.807) is 0 Å². The van der Waals surface area contributed by atoms with E-state index >= 15 is 0 Å². The van der Waals surface area contributed by atoms with Gasteiger partial charge in [-0.1, -0.05) is 19.0 Å². The van der Waals surface area contributed by atoms with E-state index in [9.17, 15) is 9.59 Å². The fourth-order valence-corrected chi connectivity index (χ4v) is 2.91. The Morgan fingerprint density at radius 1 is 1.32 bits per heavy atom. The van der Waals surface area contributed by atoms with Crippen molar-refractivity contribution in [3.8, 4) is 0 Å². The van der Waals surface area contributed by atoms with E-state index in [4.69, 9.17) is 19.7 Å². The molecule has 0 aromatic heterocycles. The standard InChI is InChI=1S/C14H23N3O5/c1-5-14(7-6-8-16-17-15)9(2)12(20-10(3)18)13(22-14)21-11(4)19/h9,12-13H,5-8H2,1-4H3/t9-,12+,13?,14-/m0/s1. The molecule has 1 rings (SSSR count). The fourth-order valence-electron chi connectivity index (χ4n) is 2.91. The van der Waals surface area contributed by atoms with Gasteiger partial charge in [-0.15, -0.1) is 0 Å². The normalized spacial score (nSPS) is 30.5. The van der Waals surface area contributed by atoms with Crippen LogP contribution in [0.4, 0.5) is 0 Å². The third-order valence-corrected chi connectivity index (χ3v) is 4.05. The summed E-state index contributed by atoms with van der Waals surface area (Å²) in [6.07, 6.45) is 0.387. The average Bonchev–Trinajstić information content (AvgIpc) is 2.68. The summed E-state index contributed by atoms with van der Waals surface area (Å²) in [4.78, 5) is 25.3. The zero-order chi connectivity index (χ0) is 16.8. The number of carbonyl (C=O) groups is 2. The van der Waals surface area contributed by atoms with Crippen molar-refractivity contribution in [3.05, 3.63) is 10.4 Å². The first kappa shape index (κ1) is 18.3. The Morgan fingerprint density at radius 2 is 1.95 bits per heavy atom. The molecule has 8 nitrogen and oxygen atoms in total. The fraction of sp³-hybridized carbons (Fsp3) is 0.857. The number of carbonyl (C=O) groups excluding carboxylic acids is 2. The molecule has 0 N–H and O–H groups in total. The second-order valence-electron chi connectivity index (χ2n) is 5.43. The highest BCUT2D eigenvalue weighted by atomic mass is 16.7. The molecule has 22 heavy (non-hydrogen) atoms. The lowest BCUT2D eigenvalue weighted by Gasteiger charge is -2.31. The van der Waals surface area contributed by atoms with Gasteiger partial charge in [0.1, 0.15) is 0 Å². The lowest BCUT2D eigenvalue weighted by atomic mass is 9.81. The van der Waals surface area contributed by atoms with E-state index in [0.29, 0.717) is 25.8 Å². The summed E-state index contributed by atoms with van der Waals surface area (Å²) in [6.45, 7) is 6.83. The summed E-state index contributed by atoms with van der Waals surface area (Å²) >= 11 is 0. The lowest BCUT2D eigenvalue weighted by Crippen LogP contribution is -2.37. The molecule has 124 valence electrons. The van der Waals surface area contributed by atoms with Crippen molar-refractivity contribution in [2.75, 3.05) is 6.54 Å². The Morgan fingerprint density at radius 3 is 2.45 bits per heavy atom. The predicted molar refractivity (Wildman–Crippen MR) is 77.6 cm³/mol. The smallest absolute Gasteiger partial charge is 0.305 e. The second-order valence-corrected chi connectivity index (χ2v) is 5.43. The molecule has 0 amide bonds. The molecular weight excluding hydrogens is 290 g/mol. The van der Waals surface area contributed by atoms with Gasteiger partial charge in [0, 0.05) is 31.2 Å². The van der Waals surface area contributed by atoms with Gasteiger partial charge in [0.05, 0.1) is 5.60 Å². The number of esters is 2. The molecule has 1 aliphatic rings. The molecule has 0 spiro atoms. The largest absolute Gasteiger partial charge is 0.455 e. The van der Waals surface area contributed by atoms with Gasteiger partial charge in [-0.05, 0) is 24.8 Å². The van der Waals surface area contributed by atoms with Crippen LogP contribution in [0.15, 0.2) is 5.11 Å². The number of hydrogen-bond donors (Lipinski definition) is 0. The molecule has 1 fully saturated rings. The Kier molecular flexibility index (Phi) is 6.64. The molecule has 1 heterocycles. The first-order valence-electron chi connectivity index (χ1n) is 7.39. The molecule has 1 aliphatic heterocycles. The molecule has 0 radical (unpaired) electrons. The zero-order valence-corrected chi connectivity index (χ0v) is 13.4. The van der Waals surface area contributed by atoms with Crippen molar-refractivity contribution in [1.82, 2.24) is 0 Å². The van der Waals surface area contributed by atoms with Crippen molar-refractivity contribution >= 4 is 11.9 Å². The summed E-state index contributed by atoms with van der Waals surface area (Å²) in [7, 11) is 0. The summed E-state index contributed by atoms with van der Waals surface area (Å²) in [6, 6.07) is 0. The lowest BCUT2D eigenvalue weighted by molar-refractivity contribution is -0.205. The monoisotopic (exact) mass is 313 g/mol. The van der Waals surface area contributed by atoms with Gasteiger partial charge in [-0.3, -0.25) is 9.59 Å². The average molecular weight is 313 g/mol. The van der Waals surface area contributed by atoms with Gasteiger partial charge < -0.3 is 14.2 Å². The van der Waals surface area contributed by atoms with Gasteiger partial charge >= 0.3 is 11.9 Å². The topological polar surface area (TPSA) is 111 Å². The van der Waals surface area contributed by atoms with Crippen molar-refractivity contribution in [2.24, 2.45) is 11.0 Å². The van der Waals surface area contributed by atoms with Crippen molar-refractivity contribution in [3.63, 3.8) is 0 Å². The number of rotatable bonds is 7. The molecule has 0 aliphatic carbocycles. The van der Waals surface area contributed by atoms with Crippen molar-refractivity contribution in [1.29, 1.82) is 0 Å². The van der Waals surface area contributed by atoms with Crippen LogP contribution in [0.1, 0.15) is 47.0 Å². The molecule has 0 saturated carbocycles. The summed E-state index contributed by atoms with van der Waals surface area (Å²) in [5, 5.41) is 3.51. The van der Waals surface area contributed by atoms with Gasteiger partial charge in [0.25, 0.3) is 0 Å². The minimum Gasteiger partial charge on any atom is -0.455 e. The highest BCUT2D eigenvalue weighted by Gasteiger charge is 2.54. The van der Waals surface area contributed by atoms with Gasteiger partial charge in [0.15, 0.2) is 6.10 Å². The summed E-state index contributed by atoms with van der Waals surface area (Å²) in [5.41, 5.74) is 7.75. The van der Waals surface area contributed by atoms with E-state index in [-0.39, 0.29) is 5.92 Å². The van der Waals surface area contributed by atoms with Gasteiger partial charge in [0.2, 0.25) is 6.29 Å². The Balaban J connectivity index is 2.90. The Hall–Kier alpha value is -1.79. The zero-order valence-electron chi connectivity index (χ0n) is 13.4. The van der Waals surface area contributed by atoms with Gasteiger partial charge in [-0.25, -0.2) is 0 Å². The van der Waals surface area contributed by atoms with E-state index in [1.807, 2.05) is 13.8 Å². The summed E-state index contributed by atoms with van der Waals surface area (Å²) in [5.74, 6) is -1.08. The molecule has 0 aromatic rings. The maximum atomic E-state index is 11.3. The molecule has 1 saturated heterocycles. The number of azide groups is 1. The van der Waals surface area contributed by atoms with E-state index < -0.39 is 29.9 Å². The quantitative estimate of drug-likeness (QED) is 0.236. The van der Waals surface area contributed by atoms with Crippen LogP contribution in [-0.4, -0.2) is 36.5 Å².